The van der Waals surface area contributed by atoms with Crippen LogP contribution in [0, 0.1) is 5.82 Å². The first kappa shape index (κ1) is 12.7. The van der Waals surface area contributed by atoms with Gasteiger partial charge in [-0.05, 0) is 36.6 Å². The molecule has 0 aliphatic carbocycles. The molecule has 17 heavy (non-hydrogen) atoms. The van der Waals surface area contributed by atoms with E-state index in [0.717, 1.165) is 12.2 Å². The molecule has 0 bridgehead atoms. The van der Waals surface area contributed by atoms with Crippen molar-refractivity contribution >= 4 is 29.3 Å². The fourth-order valence-electron chi connectivity index (χ4n) is 2.07. The number of aliphatic carboxylic acids is 1. The fourth-order valence-corrected chi connectivity index (χ4v) is 3.62. The number of hydrogen-bond donors (Lipinski definition) is 1. The van der Waals surface area contributed by atoms with Gasteiger partial charge in [-0.25, -0.2) is 4.39 Å². The molecular formula is C12H12ClFO2S. The van der Waals surface area contributed by atoms with Crippen molar-refractivity contribution in [2.24, 2.45) is 0 Å². The maximum absolute atomic E-state index is 13.3. The van der Waals surface area contributed by atoms with Crippen LogP contribution >= 0.6 is 23.4 Å². The molecule has 1 saturated heterocycles. The number of rotatable bonds is 3. The molecule has 2 nitrogen and oxygen atoms in total. The summed E-state index contributed by atoms with van der Waals surface area (Å²) in [6.07, 6.45) is 1.77. The van der Waals surface area contributed by atoms with Crippen LogP contribution in [0.1, 0.15) is 18.4 Å². The lowest BCUT2D eigenvalue weighted by molar-refractivity contribution is -0.139. The Kier molecular flexibility index (Phi) is 3.64. The Labute approximate surface area is 108 Å². The van der Waals surface area contributed by atoms with E-state index < -0.39 is 16.5 Å². The normalized spacial score (nSPS) is 23.9. The van der Waals surface area contributed by atoms with E-state index >= 15 is 0 Å². The Morgan fingerprint density at radius 1 is 1.59 bits per heavy atom. The van der Waals surface area contributed by atoms with Gasteiger partial charge >= 0.3 is 5.97 Å². The predicted molar refractivity (Wildman–Crippen MR) is 67.2 cm³/mol. The van der Waals surface area contributed by atoms with Crippen LogP contribution in [0.5, 0.6) is 0 Å². The molecule has 1 N–H and O–H groups in total. The number of benzene rings is 1. The van der Waals surface area contributed by atoms with E-state index in [9.17, 15) is 14.3 Å². The smallest absolute Gasteiger partial charge is 0.320 e. The lowest BCUT2D eigenvalue weighted by Gasteiger charge is -2.23. The van der Waals surface area contributed by atoms with E-state index in [1.807, 2.05) is 0 Å². The summed E-state index contributed by atoms with van der Waals surface area (Å²) in [5.74, 6) is -0.493. The molecule has 1 unspecified atom stereocenters. The zero-order valence-electron chi connectivity index (χ0n) is 9.08. The molecule has 1 atom stereocenters. The van der Waals surface area contributed by atoms with Crippen molar-refractivity contribution in [1.29, 1.82) is 0 Å². The Bertz CT molecular complexity index is 444. The van der Waals surface area contributed by atoms with Gasteiger partial charge in [-0.2, -0.15) is 0 Å². The standard InChI is InChI=1S/C12H12ClFO2S/c13-10-8(3-1-4-9(10)14)7-12(11(15)16)5-2-6-17-12/h1,3-4H,2,5-7H2,(H,15,16). The van der Waals surface area contributed by atoms with Crippen LogP contribution in [0.25, 0.3) is 0 Å². The molecule has 1 heterocycles. The zero-order valence-corrected chi connectivity index (χ0v) is 10.7. The van der Waals surface area contributed by atoms with Crippen LogP contribution in [0.2, 0.25) is 5.02 Å². The van der Waals surface area contributed by atoms with Gasteiger partial charge in [-0.3, -0.25) is 4.79 Å². The highest BCUT2D eigenvalue weighted by atomic mass is 35.5. The molecule has 0 aromatic heterocycles. The van der Waals surface area contributed by atoms with Crippen LogP contribution < -0.4 is 0 Å². The highest BCUT2D eigenvalue weighted by molar-refractivity contribution is 8.01. The summed E-state index contributed by atoms with van der Waals surface area (Å²) < 4.78 is 12.5. The SMILES string of the molecule is O=C(O)C1(Cc2cccc(F)c2Cl)CCCS1. The van der Waals surface area contributed by atoms with E-state index in [2.05, 4.69) is 0 Å². The van der Waals surface area contributed by atoms with Crippen LogP contribution in [0.4, 0.5) is 4.39 Å². The van der Waals surface area contributed by atoms with Crippen molar-refractivity contribution in [3.05, 3.63) is 34.6 Å². The largest absolute Gasteiger partial charge is 0.480 e. The Morgan fingerprint density at radius 2 is 2.35 bits per heavy atom. The van der Waals surface area contributed by atoms with Gasteiger partial charge in [-0.1, -0.05) is 23.7 Å². The van der Waals surface area contributed by atoms with Crippen LogP contribution in [-0.4, -0.2) is 21.6 Å². The van der Waals surface area contributed by atoms with Gasteiger partial charge in [0.2, 0.25) is 0 Å². The van der Waals surface area contributed by atoms with Crippen molar-refractivity contribution in [2.75, 3.05) is 5.75 Å². The second-order valence-electron chi connectivity index (χ2n) is 4.14. The van der Waals surface area contributed by atoms with Gasteiger partial charge in [0.05, 0.1) is 5.02 Å². The average Bonchev–Trinajstić information content (AvgIpc) is 2.75. The molecule has 2 rings (SSSR count). The molecule has 1 aliphatic rings. The number of carboxylic acids is 1. The molecular weight excluding hydrogens is 263 g/mol. The summed E-state index contributed by atoms with van der Waals surface area (Å²) in [6, 6.07) is 4.53. The molecule has 0 saturated carbocycles. The second-order valence-corrected chi connectivity index (χ2v) is 6.00. The number of halogens is 2. The molecule has 92 valence electrons. The van der Waals surface area contributed by atoms with E-state index in [1.54, 1.807) is 12.1 Å². The van der Waals surface area contributed by atoms with Gasteiger partial charge in [0, 0.05) is 0 Å². The number of carboxylic acid groups (broad SMARTS) is 1. The van der Waals surface area contributed by atoms with Crippen molar-refractivity contribution in [2.45, 2.75) is 24.0 Å². The molecule has 1 aliphatic heterocycles. The maximum atomic E-state index is 13.3. The lowest BCUT2D eigenvalue weighted by atomic mass is 9.94. The summed E-state index contributed by atoms with van der Waals surface area (Å²) in [4.78, 5) is 11.4. The van der Waals surface area contributed by atoms with Crippen molar-refractivity contribution < 1.29 is 14.3 Å². The fraction of sp³-hybridized carbons (Fsp3) is 0.417. The minimum atomic E-state index is -0.836. The summed E-state index contributed by atoms with van der Waals surface area (Å²) >= 11 is 7.29. The van der Waals surface area contributed by atoms with Crippen LogP contribution in [-0.2, 0) is 11.2 Å². The topological polar surface area (TPSA) is 37.3 Å². The van der Waals surface area contributed by atoms with E-state index in [1.165, 1.54) is 17.8 Å². The van der Waals surface area contributed by atoms with E-state index in [4.69, 9.17) is 11.6 Å². The first-order valence-electron chi connectivity index (χ1n) is 5.35. The third-order valence-electron chi connectivity index (χ3n) is 3.00. The summed E-state index contributed by atoms with van der Waals surface area (Å²) in [7, 11) is 0. The number of thioether (sulfide) groups is 1. The minimum absolute atomic E-state index is 0.0422. The average molecular weight is 275 g/mol. The highest BCUT2D eigenvalue weighted by Gasteiger charge is 2.42. The van der Waals surface area contributed by atoms with Crippen molar-refractivity contribution in [3.63, 3.8) is 0 Å². The predicted octanol–water partition coefficient (Wildman–Crippen LogP) is 3.37. The third-order valence-corrected chi connectivity index (χ3v) is 4.99. The van der Waals surface area contributed by atoms with Gasteiger partial charge < -0.3 is 5.11 Å². The first-order chi connectivity index (χ1) is 8.05. The zero-order chi connectivity index (χ0) is 12.5. The van der Waals surface area contributed by atoms with Gasteiger partial charge in [-0.15, -0.1) is 11.8 Å². The molecule has 0 amide bonds. The molecule has 5 heteroatoms. The van der Waals surface area contributed by atoms with Crippen LogP contribution in [0.15, 0.2) is 18.2 Å². The monoisotopic (exact) mass is 274 g/mol. The summed E-state index contributed by atoms with van der Waals surface area (Å²) in [5, 5.41) is 9.37. The summed E-state index contributed by atoms with van der Waals surface area (Å²) in [5.41, 5.74) is 0.573. The van der Waals surface area contributed by atoms with Crippen molar-refractivity contribution in [1.82, 2.24) is 0 Å². The quantitative estimate of drug-likeness (QED) is 0.918. The second kappa shape index (κ2) is 4.86. The molecule has 1 aromatic rings. The molecule has 1 aromatic carbocycles. The maximum Gasteiger partial charge on any atom is 0.320 e. The number of carbonyl (C=O) groups is 1. The lowest BCUT2D eigenvalue weighted by Crippen LogP contribution is -2.34. The van der Waals surface area contributed by atoms with E-state index in [0.29, 0.717) is 12.0 Å². The van der Waals surface area contributed by atoms with Gasteiger partial charge in [0.15, 0.2) is 0 Å². The number of hydrogen-bond acceptors (Lipinski definition) is 2. The molecule has 1 fully saturated rings. The Hall–Kier alpha value is -0.740. The summed E-state index contributed by atoms with van der Waals surface area (Å²) in [6.45, 7) is 0. The highest BCUT2D eigenvalue weighted by Crippen LogP contribution is 2.42. The van der Waals surface area contributed by atoms with Crippen molar-refractivity contribution in [3.8, 4) is 0 Å². The Balaban J connectivity index is 2.30. The third kappa shape index (κ3) is 2.43. The molecule has 0 spiro atoms. The van der Waals surface area contributed by atoms with E-state index in [-0.39, 0.29) is 11.4 Å². The minimum Gasteiger partial charge on any atom is -0.480 e. The molecule has 0 radical (unpaired) electrons. The van der Waals surface area contributed by atoms with Crippen LogP contribution in [0.3, 0.4) is 0 Å². The Morgan fingerprint density at radius 3 is 2.94 bits per heavy atom. The van der Waals surface area contributed by atoms with Gasteiger partial charge in [0.25, 0.3) is 0 Å². The van der Waals surface area contributed by atoms with Gasteiger partial charge in [0.1, 0.15) is 10.6 Å². The first-order valence-corrected chi connectivity index (χ1v) is 6.72.